The van der Waals surface area contributed by atoms with Crippen LogP contribution >= 0.6 is 23.4 Å². The van der Waals surface area contributed by atoms with Gasteiger partial charge >= 0.3 is 0 Å². The number of carbonyl (C=O) groups excluding carboxylic acids is 1. The van der Waals surface area contributed by atoms with Crippen molar-refractivity contribution in [2.45, 2.75) is 5.75 Å². The van der Waals surface area contributed by atoms with E-state index in [9.17, 15) is 4.79 Å². The minimum atomic E-state index is -0.109. The third kappa shape index (κ3) is 4.21. The van der Waals surface area contributed by atoms with Gasteiger partial charge in [-0.15, -0.1) is 11.8 Å². The summed E-state index contributed by atoms with van der Waals surface area (Å²) in [6.07, 6.45) is 1.62. The minimum Gasteiger partial charge on any atom is -0.495 e. The monoisotopic (exact) mass is 311 g/mol. The average Bonchev–Trinajstić information content (AvgIpc) is 2.92. The number of methoxy groups -OCH3 is 1. The highest BCUT2D eigenvalue weighted by atomic mass is 35.5. The van der Waals surface area contributed by atoms with Crippen LogP contribution in [0, 0.1) is 0 Å². The number of nitrogens with one attached hydrogen (secondary N) is 1. The lowest BCUT2D eigenvalue weighted by atomic mass is 10.3. The second-order valence-corrected chi connectivity index (χ2v) is 5.39. The van der Waals surface area contributed by atoms with E-state index >= 15 is 0 Å². The van der Waals surface area contributed by atoms with Gasteiger partial charge in [-0.3, -0.25) is 4.79 Å². The van der Waals surface area contributed by atoms with Gasteiger partial charge in [-0.25, -0.2) is 0 Å². The highest BCUT2D eigenvalue weighted by Crippen LogP contribution is 2.27. The highest BCUT2D eigenvalue weighted by molar-refractivity contribution is 7.99. The van der Waals surface area contributed by atoms with Gasteiger partial charge in [0.1, 0.15) is 11.5 Å². The molecule has 2 rings (SSSR count). The van der Waals surface area contributed by atoms with Crippen LogP contribution < -0.4 is 10.1 Å². The molecule has 2 aromatic rings. The summed E-state index contributed by atoms with van der Waals surface area (Å²) in [4.78, 5) is 11.9. The summed E-state index contributed by atoms with van der Waals surface area (Å²) in [6, 6.07) is 8.79. The van der Waals surface area contributed by atoms with Crippen molar-refractivity contribution in [3.8, 4) is 5.75 Å². The summed E-state index contributed by atoms with van der Waals surface area (Å²) >= 11 is 7.38. The first-order valence-electron chi connectivity index (χ1n) is 5.92. The number of thioether (sulfide) groups is 1. The van der Waals surface area contributed by atoms with E-state index in [1.807, 2.05) is 12.1 Å². The number of amides is 1. The van der Waals surface area contributed by atoms with Gasteiger partial charge in [0.2, 0.25) is 5.91 Å². The fraction of sp³-hybridized carbons (Fsp3) is 0.214. The molecule has 0 saturated carbocycles. The third-order valence-electron chi connectivity index (χ3n) is 2.49. The first-order valence-corrected chi connectivity index (χ1v) is 7.46. The molecule has 0 atom stereocenters. The number of carbonyl (C=O) groups is 1. The maximum absolute atomic E-state index is 11.9. The van der Waals surface area contributed by atoms with Crippen LogP contribution in [-0.2, 0) is 10.5 Å². The minimum absolute atomic E-state index is 0.109. The Kier molecular flexibility index (Phi) is 5.38. The summed E-state index contributed by atoms with van der Waals surface area (Å²) in [5.74, 6) is 2.31. The second kappa shape index (κ2) is 7.26. The largest absolute Gasteiger partial charge is 0.495 e. The number of hydrogen-bond acceptors (Lipinski definition) is 4. The van der Waals surface area contributed by atoms with Gasteiger partial charge in [0.25, 0.3) is 0 Å². The summed E-state index contributed by atoms with van der Waals surface area (Å²) < 4.78 is 10.4. The van der Waals surface area contributed by atoms with Gasteiger partial charge in [-0.1, -0.05) is 11.6 Å². The smallest absolute Gasteiger partial charge is 0.234 e. The summed E-state index contributed by atoms with van der Waals surface area (Å²) in [5.41, 5.74) is 0.573. The fourth-order valence-corrected chi connectivity index (χ4v) is 2.50. The Balaban J connectivity index is 1.86. The number of halogens is 1. The molecule has 1 aromatic carbocycles. The Labute approximate surface area is 126 Å². The summed E-state index contributed by atoms with van der Waals surface area (Å²) in [6.45, 7) is 0. The molecule has 0 spiro atoms. The van der Waals surface area contributed by atoms with Crippen molar-refractivity contribution in [2.24, 2.45) is 0 Å². The van der Waals surface area contributed by atoms with Crippen LogP contribution in [0.2, 0.25) is 5.02 Å². The van der Waals surface area contributed by atoms with Crippen LogP contribution in [0.4, 0.5) is 5.69 Å². The van der Waals surface area contributed by atoms with Crippen molar-refractivity contribution in [2.75, 3.05) is 18.2 Å². The van der Waals surface area contributed by atoms with Crippen molar-refractivity contribution in [3.05, 3.63) is 47.4 Å². The quantitative estimate of drug-likeness (QED) is 0.881. The lowest BCUT2D eigenvalue weighted by Gasteiger charge is -2.10. The molecule has 0 aliphatic heterocycles. The second-order valence-electron chi connectivity index (χ2n) is 3.96. The van der Waals surface area contributed by atoms with E-state index in [1.54, 1.807) is 31.6 Å². The van der Waals surface area contributed by atoms with Crippen LogP contribution in [0.15, 0.2) is 41.0 Å². The Morgan fingerprint density at radius 2 is 2.30 bits per heavy atom. The van der Waals surface area contributed by atoms with Gasteiger partial charge in [-0.2, -0.15) is 0 Å². The maximum atomic E-state index is 11.9. The van der Waals surface area contributed by atoms with Crippen molar-refractivity contribution in [3.63, 3.8) is 0 Å². The van der Waals surface area contributed by atoms with Crippen LogP contribution in [0.3, 0.4) is 0 Å². The topological polar surface area (TPSA) is 51.5 Å². The predicted molar refractivity (Wildman–Crippen MR) is 81.5 cm³/mol. The normalized spacial score (nSPS) is 10.3. The molecule has 6 heteroatoms. The first kappa shape index (κ1) is 14.8. The molecule has 0 fully saturated rings. The molecule has 4 nitrogen and oxygen atoms in total. The molecule has 0 radical (unpaired) electrons. The van der Waals surface area contributed by atoms with E-state index in [4.69, 9.17) is 20.8 Å². The average molecular weight is 312 g/mol. The predicted octanol–water partition coefficient (Wildman–Crippen LogP) is 3.81. The maximum Gasteiger partial charge on any atom is 0.234 e. The summed E-state index contributed by atoms with van der Waals surface area (Å²) in [5, 5.41) is 3.33. The lowest BCUT2D eigenvalue weighted by molar-refractivity contribution is -0.113. The van der Waals surface area contributed by atoms with E-state index in [0.717, 1.165) is 5.76 Å². The third-order valence-corrected chi connectivity index (χ3v) is 3.68. The number of ether oxygens (including phenoxy) is 1. The molecule has 0 bridgehead atoms. The Morgan fingerprint density at radius 3 is 3.00 bits per heavy atom. The van der Waals surface area contributed by atoms with E-state index in [0.29, 0.717) is 28.0 Å². The Morgan fingerprint density at radius 1 is 1.45 bits per heavy atom. The Bertz CT molecular complexity index is 572. The molecule has 20 heavy (non-hydrogen) atoms. The van der Waals surface area contributed by atoms with Gasteiger partial charge in [0, 0.05) is 5.02 Å². The highest BCUT2D eigenvalue weighted by Gasteiger charge is 2.08. The molecular weight excluding hydrogens is 298 g/mol. The zero-order valence-electron chi connectivity index (χ0n) is 10.9. The van der Waals surface area contributed by atoms with Gasteiger partial charge in [0.05, 0.1) is 30.6 Å². The van der Waals surface area contributed by atoms with Crippen molar-refractivity contribution >= 4 is 35.0 Å². The molecule has 0 unspecified atom stereocenters. The van der Waals surface area contributed by atoms with Crippen molar-refractivity contribution in [1.82, 2.24) is 0 Å². The van der Waals surface area contributed by atoms with E-state index in [2.05, 4.69) is 5.32 Å². The fourth-order valence-electron chi connectivity index (χ4n) is 1.60. The molecule has 1 N–H and O–H groups in total. The van der Waals surface area contributed by atoms with Gasteiger partial charge in [0.15, 0.2) is 0 Å². The van der Waals surface area contributed by atoms with Crippen molar-refractivity contribution in [1.29, 1.82) is 0 Å². The number of furan rings is 1. The number of anilines is 1. The molecule has 106 valence electrons. The molecule has 1 heterocycles. The molecule has 1 amide bonds. The first-order chi connectivity index (χ1) is 9.69. The zero-order chi connectivity index (χ0) is 14.4. The zero-order valence-corrected chi connectivity index (χ0v) is 12.5. The molecule has 1 aromatic heterocycles. The molecular formula is C14H14ClNO3S. The number of hydrogen-bond donors (Lipinski definition) is 1. The van der Waals surface area contributed by atoms with Crippen LogP contribution in [0.5, 0.6) is 5.75 Å². The lowest BCUT2D eigenvalue weighted by Crippen LogP contribution is -2.14. The van der Waals surface area contributed by atoms with Crippen LogP contribution in [0.1, 0.15) is 5.76 Å². The molecule has 0 saturated heterocycles. The van der Waals surface area contributed by atoms with Gasteiger partial charge in [-0.05, 0) is 30.3 Å². The summed E-state index contributed by atoms with van der Waals surface area (Å²) in [7, 11) is 1.55. The molecule has 0 aliphatic carbocycles. The standard InChI is InChI=1S/C14H14ClNO3S/c1-18-13-5-4-10(15)7-12(13)16-14(17)9-20-8-11-3-2-6-19-11/h2-7H,8-9H2,1H3,(H,16,17). The van der Waals surface area contributed by atoms with Crippen LogP contribution in [0.25, 0.3) is 0 Å². The van der Waals surface area contributed by atoms with Crippen molar-refractivity contribution < 1.29 is 13.9 Å². The number of rotatable bonds is 6. The van der Waals surface area contributed by atoms with Crippen LogP contribution in [-0.4, -0.2) is 18.8 Å². The SMILES string of the molecule is COc1ccc(Cl)cc1NC(=O)CSCc1ccco1. The Hall–Kier alpha value is -1.59. The number of benzene rings is 1. The van der Waals surface area contributed by atoms with E-state index < -0.39 is 0 Å². The van der Waals surface area contributed by atoms with E-state index in [1.165, 1.54) is 11.8 Å². The van der Waals surface area contributed by atoms with Gasteiger partial charge < -0.3 is 14.5 Å². The molecule has 0 aliphatic rings. The van der Waals surface area contributed by atoms with E-state index in [-0.39, 0.29) is 5.91 Å².